The molecule has 2 aromatic rings. The number of pyridine rings is 2. The first-order valence-corrected chi connectivity index (χ1v) is 9.16. The highest BCUT2D eigenvalue weighted by Gasteiger charge is 2.28. The van der Waals surface area contributed by atoms with Crippen LogP contribution < -0.4 is 16.0 Å². The number of allylic oxidation sites excluding steroid dienone is 4. The standard InChI is InChI=1S/C23H22N6O/c1-5-15(3)17(10-12-25-16(4)24-6-2)22-18-13-28-23(30)21(18)19(14-27-22)29-20-9-7-8-11-26-20/h5-12,14,24H,1-4,13H2,(H,26,29)(H,28,30)/b17-10+,25-12?. The van der Waals surface area contributed by atoms with Crippen molar-refractivity contribution in [2.45, 2.75) is 6.54 Å². The van der Waals surface area contributed by atoms with Gasteiger partial charge in [-0.1, -0.05) is 38.5 Å². The van der Waals surface area contributed by atoms with Crippen LogP contribution in [0, 0.1) is 0 Å². The van der Waals surface area contributed by atoms with E-state index in [2.05, 4.69) is 57.2 Å². The number of rotatable bonds is 9. The minimum atomic E-state index is -0.173. The number of aliphatic imine (C=N–C) groups is 1. The Morgan fingerprint density at radius 3 is 2.77 bits per heavy atom. The van der Waals surface area contributed by atoms with Crippen LogP contribution in [0.3, 0.4) is 0 Å². The van der Waals surface area contributed by atoms with Gasteiger partial charge in [-0.3, -0.25) is 9.78 Å². The highest BCUT2D eigenvalue weighted by molar-refractivity contribution is 6.06. The van der Waals surface area contributed by atoms with Crippen LogP contribution >= 0.6 is 0 Å². The number of aromatic nitrogens is 2. The molecule has 30 heavy (non-hydrogen) atoms. The summed E-state index contributed by atoms with van der Waals surface area (Å²) < 4.78 is 0. The molecule has 1 aliphatic heterocycles. The third-order valence-electron chi connectivity index (χ3n) is 4.35. The lowest BCUT2D eigenvalue weighted by atomic mass is 9.96. The predicted octanol–water partition coefficient (Wildman–Crippen LogP) is 3.86. The Morgan fingerprint density at radius 2 is 2.07 bits per heavy atom. The average molecular weight is 398 g/mol. The third-order valence-corrected chi connectivity index (χ3v) is 4.35. The molecule has 0 saturated carbocycles. The summed E-state index contributed by atoms with van der Waals surface area (Å²) in [7, 11) is 0. The lowest BCUT2D eigenvalue weighted by Gasteiger charge is -2.14. The van der Waals surface area contributed by atoms with E-state index in [4.69, 9.17) is 0 Å². The van der Waals surface area contributed by atoms with Crippen LogP contribution in [0.5, 0.6) is 0 Å². The molecule has 0 unspecified atom stereocenters. The molecule has 1 aliphatic rings. The summed E-state index contributed by atoms with van der Waals surface area (Å²) in [6.07, 6.45) is 9.76. The molecule has 0 aliphatic carbocycles. The fourth-order valence-corrected chi connectivity index (χ4v) is 2.95. The molecule has 3 heterocycles. The van der Waals surface area contributed by atoms with Gasteiger partial charge in [0.1, 0.15) is 11.6 Å². The van der Waals surface area contributed by atoms with Crippen molar-refractivity contribution in [1.29, 1.82) is 0 Å². The molecule has 7 heteroatoms. The van der Waals surface area contributed by atoms with E-state index in [0.717, 1.165) is 5.56 Å². The Bertz CT molecular complexity index is 1080. The minimum Gasteiger partial charge on any atom is -0.348 e. The highest BCUT2D eigenvalue weighted by atomic mass is 16.1. The van der Waals surface area contributed by atoms with Crippen molar-refractivity contribution in [2.75, 3.05) is 5.32 Å². The SMILES string of the molecule is C=CNC(=C)N=C/C=C(\C(=C)C=C)c1ncc(Nc2ccccn2)c2c1CNC2=O. The minimum absolute atomic E-state index is 0.173. The largest absolute Gasteiger partial charge is 0.348 e. The zero-order chi connectivity index (χ0) is 21.5. The van der Waals surface area contributed by atoms with E-state index in [-0.39, 0.29) is 5.91 Å². The number of carbonyl (C=O) groups excluding carboxylic acids is 1. The van der Waals surface area contributed by atoms with E-state index in [1.165, 1.54) is 6.20 Å². The van der Waals surface area contributed by atoms with Crippen LogP contribution in [0.4, 0.5) is 11.5 Å². The van der Waals surface area contributed by atoms with Gasteiger partial charge in [-0.05, 0) is 30.0 Å². The summed E-state index contributed by atoms with van der Waals surface area (Å²) in [5, 5.41) is 8.82. The van der Waals surface area contributed by atoms with Gasteiger partial charge in [-0.2, -0.15) is 0 Å². The van der Waals surface area contributed by atoms with Gasteiger partial charge in [0.25, 0.3) is 5.91 Å². The van der Waals surface area contributed by atoms with E-state index in [0.29, 0.717) is 46.3 Å². The average Bonchev–Trinajstić information content (AvgIpc) is 3.14. The van der Waals surface area contributed by atoms with Gasteiger partial charge in [0.15, 0.2) is 0 Å². The second kappa shape index (κ2) is 9.29. The van der Waals surface area contributed by atoms with Crippen molar-refractivity contribution in [3.05, 3.63) is 103 Å². The Kier molecular flexibility index (Phi) is 6.34. The molecule has 0 bridgehead atoms. The quantitative estimate of drug-likeness (QED) is 0.441. The Balaban J connectivity index is 2.04. The maximum absolute atomic E-state index is 12.5. The summed E-state index contributed by atoms with van der Waals surface area (Å²) in [5.74, 6) is 0.892. The van der Waals surface area contributed by atoms with Gasteiger partial charge in [-0.25, -0.2) is 9.98 Å². The van der Waals surface area contributed by atoms with Crippen LogP contribution in [0.2, 0.25) is 0 Å². The van der Waals surface area contributed by atoms with Crippen LogP contribution in [-0.2, 0) is 6.54 Å². The maximum atomic E-state index is 12.5. The van der Waals surface area contributed by atoms with Crippen LogP contribution in [0.1, 0.15) is 21.6 Å². The van der Waals surface area contributed by atoms with Gasteiger partial charge < -0.3 is 16.0 Å². The van der Waals surface area contributed by atoms with Crippen molar-refractivity contribution < 1.29 is 4.79 Å². The Labute approximate surface area is 175 Å². The zero-order valence-corrected chi connectivity index (χ0v) is 16.5. The fourth-order valence-electron chi connectivity index (χ4n) is 2.95. The van der Waals surface area contributed by atoms with Gasteiger partial charge >= 0.3 is 0 Å². The first-order valence-electron chi connectivity index (χ1n) is 9.16. The summed E-state index contributed by atoms with van der Waals surface area (Å²) in [4.78, 5) is 25.6. The van der Waals surface area contributed by atoms with Gasteiger partial charge in [0.2, 0.25) is 0 Å². The molecule has 150 valence electrons. The first kappa shape index (κ1) is 20.5. The van der Waals surface area contributed by atoms with E-state index in [9.17, 15) is 4.79 Å². The molecular weight excluding hydrogens is 376 g/mol. The maximum Gasteiger partial charge on any atom is 0.254 e. The first-order chi connectivity index (χ1) is 14.5. The smallest absolute Gasteiger partial charge is 0.254 e. The molecule has 0 fully saturated rings. The molecule has 0 atom stereocenters. The second-order valence-electron chi connectivity index (χ2n) is 6.28. The molecule has 0 radical (unpaired) electrons. The Hall–Kier alpha value is -4.26. The number of hydrogen-bond acceptors (Lipinski definition) is 6. The molecule has 2 aromatic heterocycles. The number of amides is 1. The molecule has 3 N–H and O–H groups in total. The number of carbonyl (C=O) groups is 1. The number of fused-ring (bicyclic) bond motifs is 1. The monoisotopic (exact) mass is 398 g/mol. The zero-order valence-electron chi connectivity index (χ0n) is 16.5. The molecule has 0 spiro atoms. The van der Waals surface area contributed by atoms with Crippen LogP contribution in [-0.4, -0.2) is 22.1 Å². The topological polar surface area (TPSA) is 91.3 Å². The lowest BCUT2D eigenvalue weighted by Crippen LogP contribution is -2.13. The van der Waals surface area contributed by atoms with Crippen molar-refractivity contribution in [2.24, 2.45) is 4.99 Å². The van der Waals surface area contributed by atoms with E-state index < -0.39 is 0 Å². The van der Waals surface area contributed by atoms with Gasteiger partial charge in [0.05, 0.1) is 23.1 Å². The number of hydrogen-bond donors (Lipinski definition) is 3. The fraction of sp³-hybridized carbons (Fsp3) is 0.0435. The molecule has 0 aromatic carbocycles. The number of nitrogens with zero attached hydrogens (tertiary/aromatic N) is 3. The molecule has 3 rings (SSSR count). The van der Waals surface area contributed by atoms with Crippen molar-refractivity contribution in [1.82, 2.24) is 20.6 Å². The van der Waals surface area contributed by atoms with Crippen LogP contribution in [0.15, 0.2) is 91.6 Å². The van der Waals surface area contributed by atoms with E-state index >= 15 is 0 Å². The molecular formula is C23H22N6O. The molecule has 7 nitrogen and oxygen atoms in total. The van der Waals surface area contributed by atoms with E-state index in [1.54, 1.807) is 30.8 Å². The van der Waals surface area contributed by atoms with Gasteiger partial charge in [0, 0.05) is 30.1 Å². The lowest BCUT2D eigenvalue weighted by molar-refractivity contribution is 0.0966. The highest BCUT2D eigenvalue weighted by Crippen LogP contribution is 2.33. The number of nitrogens with one attached hydrogen (secondary N) is 3. The number of anilines is 2. The van der Waals surface area contributed by atoms with Crippen molar-refractivity contribution >= 4 is 29.2 Å². The Morgan fingerprint density at radius 1 is 1.23 bits per heavy atom. The second-order valence-corrected chi connectivity index (χ2v) is 6.28. The van der Waals surface area contributed by atoms with Crippen LogP contribution in [0.25, 0.3) is 5.57 Å². The van der Waals surface area contributed by atoms with E-state index in [1.807, 2.05) is 18.2 Å². The summed E-state index contributed by atoms with van der Waals surface area (Å²) >= 11 is 0. The summed E-state index contributed by atoms with van der Waals surface area (Å²) in [6, 6.07) is 5.50. The van der Waals surface area contributed by atoms with Crippen molar-refractivity contribution in [3.63, 3.8) is 0 Å². The van der Waals surface area contributed by atoms with Gasteiger partial charge in [-0.15, -0.1) is 0 Å². The molecule has 1 amide bonds. The third kappa shape index (κ3) is 4.41. The summed E-state index contributed by atoms with van der Waals surface area (Å²) in [5.41, 5.74) is 3.88. The predicted molar refractivity (Wildman–Crippen MR) is 121 cm³/mol. The summed E-state index contributed by atoms with van der Waals surface area (Å²) in [6.45, 7) is 15.5. The molecule has 0 saturated heterocycles. The van der Waals surface area contributed by atoms with Crippen molar-refractivity contribution in [3.8, 4) is 0 Å². The normalized spacial score (nSPS) is 12.8.